The Morgan fingerprint density at radius 1 is 1.29 bits per heavy atom. The smallest absolute Gasteiger partial charge is 0.341 e. The molecule has 0 radical (unpaired) electrons. The average Bonchev–Trinajstić information content (AvgIpc) is 2.46. The molecule has 0 amide bonds. The summed E-state index contributed by atoms with van der Waals surface area (Å²) in [7, 11) is 0. The van der Waals surface area contributed by atoms with E-state index in [4.69, 9.17) is 5.11 Å². The van der Waals surface area contributed by atoms with Crippen molar-refractivity contribution in [1.82, 2.24) is 9.78 Å². The average molecular weight is 304 g/mol. The Bertz CT molecular complexity index is 783. The zero-order valence-corrected chi connectivity index (χ0v) is 12.2. The Morgan fingerprint density at radius 3 is 2.57 bits per heavy atom. The number of carbonyl (C=O) groups is 2. The first-order chi connectivity index (χ1) is 9.93. The summed E-state index contributed by atoms with van der Waals surface area (Å²) < 4.78 is 0.944. The summed E-state index contributed by atoms with van der Waals surface area (Å²) in [5, 5.41) is 13.0. The first kappa shape index (κ1) is 15.0. The maximum Gasteiger partial charge on any atom is 0.341 e. The minimum Gasteiger partial charge on any atom is -0.477 e. The number of carboxylic acid groups (broad SMARTS) is 1. The zero-order valence-electron chi connectivity index (χ0n) is 11.4. The van der Waals surface area contributed by atoms with Crippen molar-refractivity contribution in [2.75, 3.05) is 6.26 Å². The molecule has 1 aromatic carbocycles. The second-order valence-corrected chi connectivity index (χ2v) is 5.10. The van der Waals surface area contributed by atoms with Crippen molar-refractivity contribution >= 4 is 23.5 Å². The van der Waals surface area contributed by atoms with E-state index >= 15 is 0 Å². The number of carbonyl (C=O) groups excluding carboxylic acids is 1. The third-order valence-corrected chi connectivity index (χ3v) is 3.53. The molecule has 0 saturated carbocycles. The normalized spacial score (nSPS) is 10.4. The van der Waals surface area contributed by atoms with Crippen LogP contribution in [0.3, 0.4) is 0 Å². The van der Waals surface area contributed by atoms with Crippen LogP contribution in [0.15, 0.2) is 40.0 Å². The molecule has 0 spiro atoms. The number of rotatable bonds is 4. The lowest BCUT2D eigenvalue weighted by molar-refractivity contribution is 0.0694. The van der Waals surface area contributed by atoms with E-state index in [0.29, 0.717) is 5.69 Å². The fourth-order valence-corrected chi connectivity index (χ4v) is 2.19. The molecule has 1 N–H and O–H groups in total. The highest BCUT2D eigenvalue weighted by Gasteiger charge is 2.17. The number of ketones is 1. The Balaban J connectivity index is 2.75. The van der Waals surface area contributed by atoms with Gasteiger partial charge in [-0.3, -0.25) is 9.59 Å². The number of nitrogens with zero attached hydrogens (tertiary/aromatic N) is 2. The minimum atomic E-state index is -1.39. The van der Waals surface area contributed by atoms with Crippen molar-refractivity contribution in [3.05, 3.63) is 51.9 Å². The molecule has 0 bridgehead atoms. The fraction of sp³-hybridized carbons (Fsp3) is 0.143. The van der Waals surface area contributed by atoms with Crippen LogP contribution in [0.4, 0.5) is 0 Å². The van der Waals surface area contributed by atoms with Crippen LogP contribution in [-0.4, -0.2) is 32.9 Å². The van der Waals surface area contributed by atoms with Gasteiger partial charge in [-0.15, -0.1) is 11.8 Å². The molecule has 0 aliphatic heterocycles. The summed E-state index contributed by atoms with van der Waals surface area (Å²) in [4.78, 5) is 35.7. The molecule has 6 nitrogen and oxygen atoms in total. The van der Waals surface area contributed by atoms with Gasteiger partial charge in [0.25, 0.3) is 5.56 Å². The first-order valence-electron chi connectivity index (χ1n) is 5.97. The van der Waals surface area contributed by atoms with Crippen LogP contribution in [0.2, 0.25) is 0 Å². The molecule has 0 aliphatic rings. The van der Waals surface area contributed by atoms with E-state index in [2.05, 4.69) is 5.10 Å². The number of Topliss-reactive ketones (excluding diaryl/α,β-unsaturated/α-hetero) is 1. The van der Waals surface area contributed by atoms with Crippen LogP contribution in [0, 0.1) is 0 Å². The zero-order chi connectivity index (χ0) is 15.6. The van der Waals surface area contributed by atoms with Crippen LogP contribution in [0.5, 0.6) is 0 Å². The van der Waals surface area contributed by atoms with E-state index in [1.807, 2.05) is 12.3 Å². The van der Waals surface area contributed by atoms with Crippen LogP contribution in [0.25, 0.3) is 5.69 Å². The molecule has 2 aromatic rings. The highest BCUT2D eigenvalue weighted by Crippen LogP contribution is 2.17. The van der Waals surface area contributed by atoms with Crippen LogP contribution >= 0.6 is 11.8 Å². The lowest BCUT2D eigenvalue weighted by Crippen LogP contribution is -2.29. The number of aromatic nitrogens is 2. The van der Waals surface area contributed by atoms with Gasteiger partial charge in [-0.2, -0.15) is 9.78 Å². The SMILES string of the molecule is CSc1cccc(-n2nc(C(C)=O)cc(C(=O)O)c2=O)c1. The minimum absolute atomic E-state index is 0.0680. The predicted molar refractivity (Wildman–Crippen MR) is 78.6 cm³/mol. The lowest BCUT2D eigenvalue weighted by atomic mass is 10.2. The Labute approximate surface area is 124 Å². The number of aromatic carboxylic acids is 1. The van der Waals surface area contributed by atoms with Crippen molar-refractivity contribution in [2.24, 2.45) is 0 Å². The molecule has 0 atom stereocenters. The molecule has 0 unspecified atom stereocenters. The molecule has 1 aromatic heterocycles. The van der Waals surface area contributed by atoms with Gasteiger partial charge in [0.05, 0.1) is 5.69 Å². The van der Waals surface area contributed by atoms with Crippen LogP contribution in [0.1, 0.15) is 27.8 Å². The molecule has 108 valence electrons. The molecule has 0 saturated heterocycles. The highest BCUT2D eigenvalue weighted by atomic mass is 32.2. The fourth-order valence-electron chi connectivity index (χ4n) is 1.74. The summed E-state index contributed by atoms with van der Waals surface area (Å²) in [5.41, 5.74) is -0.908. The Kier molecular flexibility index (Phi) is 4.23. The number of carboxylic acids is 1. The predicted octanol–water partition coefficient (Wildman–Crippen LogP) is 1.86. The van der Waals surface area contributed by atoms with Gasteiger partial charge in [0.1, 0.15) is 11.3 Å². The van der Waals surface area contributed by atoms with Gasteiger partial charge in [-0.25, -0.2) is 4.79 Å². The second-order valence-electron chi connectivity index (χ2n) is 4.22. The Hall–Kier alpha value is -2.41. The lowest BCUT2D eigenvalue weighted by Gasteiger charge is -2.08. The largest absolute Gasteiger partial charge is 0.477 e. The van der Waals surface area contributed by atoms with E-state index in [1.165, 1.54) is 18.7 Å². The van der Waals surface area contributed by atoms with Gasteiger partial charge in [-0.1, -0.05) is 6.07 Å². The number of benzene rings is 1. The van der Waals surface area contributed by atoms with Crippen molar-refractivity contribution in [3.8, 4) is 5.69 Å². The van der Waals surface area contributed by atoms with Crippen molar-refractivity contribution in [1.29, 1.82) is 0 Å². The van der Waals surface area contributed by atoms with Gasteiger partial charge in [0, 0.05) is 11.8 Å². The number of thioether (sulfide) groups is 1. The molecule has 0 fully saturated rings. The second kappa shape index (κ2) is 5.92. The molecule has 0 aliphatic carbocycles. The van der Waals surface area contributed by atoms with Crippen molar-refractivity contribution in [3.63, 3.8) is 0 Å². The van der Waals surface area contributed by atoms with Crippen molar-refractivity contribution < 1.29 is 14.7 Å². The van der Waals surface area contributed by atoms with E-state index in [1.54, 1.807) is 18.2 Å². The number of hydrogen-bond donors (Lipinski definition) is 1. The summed E-state index contributed by atoms with van der Waals surface area (Å²) in [5.74, 6) is -1.80. The van der Waals surface area contributed by atoms with Gasteiger partial charge in [-0.05, 0) is 30.5 Å². The van der Waals surface area contributed by atoms with Crippen LogP contribution in [-0.2, 0) is 0 Å². The van der Waals surface area contributed by atoms with Crippen molar-refractivity contribution in [2.45, 2.75) is 11.8 Å². The van der Waals surface area contributed by atoms with E-state index in [0.717, 1.165) is 15.6 Å². The molecule has 7 heteroatoms. The maximum atomic E-state index is 12.2. The molecular weight excluding hydrogens is 292 g/mol. The van der Waals surface area contributed by atoms with Gasteiger partial charge >= 0.3 is 5.97 Å². The highest BCUT2D eigenvalue weighted by molar-refractivity contribution is 7.98. The third-order valence-electron chi connectivity index (χ3n) is 2.80. The molecular formula is C14H12N2O4S. The monoisotopic (exact) mass is 304 g/mol. The van der Waals surface area contributed by atoms with Gasteiger partial charge in [0.15, 0.2) is 5.78 Å². The summed E-state index contributed by atoms with van der Waals surface area (Å²) >= 11 is 1.48. The molecule has 21 heavy (non-hydrogen) atoms. The standard InChI is InChI=1S/C14H12N2O4S/c1-8(17)12-7-11(14(19)20)13(18)16(15-12)9-4-3-5-10(6-9)21-2/h3-7H,1-2H3,(H,19,20). The first-order valence-corrected chi connectivity index (χ1v) is 7.19. The Morgan fingerprint density at radius 2 is 2.00 bits per heavy atom. The quantitative estimate of drug-likeness (QED) is 0.685. The van der Waals surface area contributed by atoms with E-state index in [-0.39, 0.29) is 5.69 Å². The molecule has 1 heterocycles. The summed E-state index contributed by atoms with van der Waals surface area (Å²) in [6.45, 7) is 1.26. The van der Waals surface area contributed by atoms with E-state index in [9.17, 15) is 14.4 Å². The maximum absolute atomic E-state index is 12.2. The topological polar surface area (TPSA) is 89.3 Å². The summed E-state index contributed by atoms with van der Waals surface area (Å²) in [6, 6.07) is 7.92. The van der Waals surface area contributed by atoms with Crippen LogP contribution < -0.4 is 5.56 Å². The van der Waals surface area contributed by atoms with Gasteiger partial charge in [0.2, 0.25) is 0 Å². The number of hydrogen-bond acceptors (Lipinski definition) is 5. The molecule has 2 rings (SSSR count). The van der Waals surface area contributed by atoms with Gasteiger partial charge < -0.3 is 5.11 Å². The summed E-state index contributed by atoms with van der Waals surface area (Å²) in [6.07, 6.45) is 1.88. The third kappa shape index (κ3) is 3.03. The van der Waals surface area contributed by atoms with E-state index < -0.39 is 22.9 Å².